The summed E-state index contributed by atoms with van der Waals surface area (Å²) in [5.41, 5.74) is 1.93. The molecule has 0 spiro atoms. The molecular weight excluding hydrogens is 372 g/mol. The number of carbonyl (C=O) groups is 2. The summed E-state index contributed by atoms with van der Waals surface area (Å²) in [7, 11) is 0. The number of carboxylic acid groups (broad SMARTS) is 2. The number of allylic oxidation sites excluding steroid dienone is 1. The minimum atomic E-state index is -2.29. The molecule has 1 aliphatic heterocycles. The standard InChI is InChI=1S/C19H16O9/c20-11-3-1-9(2-4-11)10-5-13-14(21)6-12(7-15(13)27-8-10)28-17(19(25)26)16(22)18(23)24/h1-4,6-8,16-17,20-22H,5H2,(H,23,24)(H,25,26). The molecule has 0 fully saturated rings. The predicted molar refractivity (Wildman–Crippen MR) is 94.2 cm³/mol. The lowest BCUT2D eigenvalue weighted by Crippen LogP contribution is -2.43. The van der Waals surface area contributed by atoms with Crippen molar-refractivity contribution in [3.8, 4) is 23.0 Å². The lowest BCUT2D eigenvalue weighted by atomic mass is 9.96. The normalized spacial score (nSPS) is 14.8. The first-order valence-electron chi connectivity index (χ1n) is 8.07. The number of carboxylic acids is 2. The van der Waals surface area contributed by atoms with Crippen LogP contribution in [0.15, 0.2) is 42.7 Å². The van der Waals surface area contributed by atoms with Gasteiger partial charge in [-0.2, -0.15) is 0 Å². The molecule has 5 N–H and O–H groups in total. The van der Waals surface area contributed by atoms with Crippen molar-refractivity contribution in [3.05, 3.63) is 53.8 Å². The van der Waals surface area contributed by atoms with E-state index in [2.05, 4.69) is 0 Å². The maximum Gasteiger partial charge on any atom is 0.348 e. The van der Waals surface area contributed by atoms with Gasteiger partial charge in [-0.1, -0.05) is 12.1 Å². The number of rotatable bonds is 6. The second-order valence-electron chi connectivity index (χ2n) is 6.06. The van der Waals surface area contributed by atoms with Gasteiger partial charge in [-0.15, -0.1) is 0 Å². The van der Waals surface area contributed by atoms with E-state index in [-0.39, 0.29) is 23.0 Å². The number of aliphatic carboxylic acids is 2. The molecule has 3 rings (SSSR count). The third-order valence-electron chi connectivity index (χ3n) is 4.14. The first-order valence-corrected chi connectivity index (χ1v) is 8.07. The summed E-state index contributed by atoms with van der Waals surface area (Å²) in [5.74, 6) is -3.54. The lowest BCUT2D eigenvalue weighted by Gasteiger charge is -2.22. The number of phenols is 2. The number of hydrogen-bond acceptors (Lipinski definition) is 7. The Hall–Kier alpha value is -3.72. The topological polar surface area (TPSA) is 154 Å². The molecule has 0 aliphatic carbocycles. The van der Waals surface area contributed by atoms with Crippen molar-refractivity contribution in [1.29, 1.82) is 0 Å². The summed E-state index contributed by atoms with van der Waals surface area (Å²) in [6, 6.07) is 8.82. The molecule has 0 saturated carbocycles. The summed E-state index contributed by atoms with van der Waals surface area (Å²) >= 11 is 0. The fraction of sp³-hybridized carbons (Fsp3) is 0.158. The summed E-state index contributed by atoms with van der Waals surface area (Å²) in [6.07, 6.45) is -2.62. The van der Waals surface area contributed by atoms with Crippen LogP contribution >= 0.6 is 0 Å². The van der Waals surface area contributed by atoms with Crippen LogP contribution < -0.4 is 9.47 Å². The summed E-state index contributed by atoms with van der Waals surface area (Å²) in [5, 5.41) is 47.0. The Kier molecular flexibility index (Phi) is 5.10. The Morgan fingerprint density at radius 2 is 1.71 bits per heavy atom. The fourth-order valence-electron chi connectivity index (χ4n) is 2.70. The quantitative estimate of drug-likeness (QED) is 0.493. The Morgan fingerprint density at radius 3 is 2.32 bits per heavy atom. The SMILES string of the molecule is O=C(O)C(O)C(Oc1cc(O)c2c(c1)OC=C(c1ccc(O)cc1)C2)C(=O)O. The minimum absolute atomic E-state index is 0.114. The highest BCUT2D eigenvalue weighted by Gasteiger charge is 2.34. The molecule has 28 heavy (non-hydrogen) atoms. The molecule has 2 aromatic carbocycles. The van der Waals surface area contributed by atoms with Crippen LogP contribution in [0.1, 0.15) is 11.1 Å². The van der Waals surface area contributed by atoms with Crippen LogP contribution in [0.3, 0.4) is 0 Å². The van der Waals surface area contributed by atoms with Crippen molar-refractivity contribution in [2.24, 2.45) is 0 Å². The number of aliphatic hydroxyl groups excluding tert-OH is 1. The Labute approximate surface area is 158 Å². The van der Waals surface area contributed by atoms with E-state index in [1.54, 1.807) is 12.1 Å². The van der Waals surface area contributed by atoms with Gasteiger partial charge in [-0.05, 0) is 23.3 Å². The predicted octanol–water partition coefficient (Wildman–Crippen LogP) is 1.35. The second-order valence-corrected chi connectivity index (χ2v) is 6.06. The van der Waals surface area contributed by atoms with E-state index in [0.717, 1.165) is 17.2 Å². The van der Waals surface area contributed by atoms with Crippen LogP contribution in [0.5, 0.6) is 23.0 Å². The third kappa shape index (κ3) is 3.84. The van der Waals surface area contributed by atoms with Gasteiger partial charge in [-0.25, -0.2) is 9.59 Å². The molecule has 0 saturated heterocycles. The van der Waals surface area contributed by atoms with Crippen molar-refractivity contribution in [2.75, 3.05) is 0 Å². The number of aromatic hydroxyl groups is 2. The van der Waals surface area contributed by atoms with Gasteiger partial charge < -0.3 is 35.0 Å². The van der Waals surface area contributed by atoms with Gasteiger partial charge >= 0.3 is 11.9 Å². The first-order chi connectivity index (χ1) is 13.3. The molecule has 2 aromatic rings. The molecule has 0 aromatic heterocycles. The van der Waals surface area contributed by atoms with Crippen molar-refractivity contribution in [1.82, 2.24) is 0 Å². The van der Waals surface area contributed by atoms with Crippen LogP contribution in [0, 0.1) is 0 Å². The summed E-state index contributed by atoms with van der Waals surface area (Å²) in [6.45, 7) is 0. The zero-order chi connectivity index (χ0) is 20.4. The van der Waals surface area contributed by atoms with Crippen molar-refractivity contribution >= 4 is 17.5 Å². The number of fused-ring (bicyclic) bond motifs is 1. The Morgan fingerprint density at radius 1 is 1.04 bits per heavy atom. The van der Waals surface area contributed by atoms with Gasteiger partial charge in [0.2, 0.25) is 6.10 Å². The van der Waals surface area contributed by atoms with E-state index in [1.807, 2.05) is 0 Å². The van der Waals surface area contributed by atoms with Crippen molar-refractivity contribution in [3.63, 3.8) is 0 Å². The second kappa shape index (κ2) is 7.49. The van der Waals surface area contributed by atoms with Crippen LogP contribution in [0.25, 0.3) is 5.57 Å². The van der Waals surface area contributed by atoms with Crippen LogP contribution in [0.2, 0.25) is 0 Å². The van der Waals surface area contributed by atoms with Gasteiger partial charge in [-0.3, -0.25) is 0 Å². The van der Waals surface area contributed by atoms with Gasteiger partial charge in [0, 0.05) is 24.1 Å². The molecular formula is C19H16O9. The Balaban J connectivity index is 1.85. The van der Waals surface area contributed by atoms with Gasteiger partial charge in [0.1, 0.15) is 23.0 Å². The molecule has 0 amide bonds. The molecule has 0 radical (unpaired) electrons. The molecule has 2 atom stereocenters. The number of hydrogen-bond donors (Lipinski definition) is 5. The highest BCUT2D eigenvalue weighted by molar-refractivity contribution is 5.83. The zero-order valence-electron chi connectivity index (χ0n) is 14.3. The molecule has 9 nitrogen and oxygen atoms in total. The highest BCUT2D eigenvalue weighted by atomic mass is 16.5. The number of benzene rings is 2. The van der Waals surface area contributed by atoms with Crippen LogP contribution in [0.4, 0.5) is 0 Å². The average Bonchev–Trinajstić information content (AvgIpc) is 2.65. The molecule has 9 heteroatoms. The molecule has 1 aliphatic rings. The molecule has 1 heterocycles. The number of ether oxygens (including phenoxy) is 2. The average molecular weight is 388 g/mol. The van der Waals surface area contributed by atoms with Gasteiger partial charge in [0.15, 0.2) is 6.10 Å². The van der Waals surface area contributed by atoms with E-state index in [9.17, 15) is 24.9 Å². The first kappa shape index (κ1) is 19.1. The third-order valence-corrected chi connectivity index (χ3v) is 4.14. The number of aliphatic hydroxyl groups is 1. The van der Waals surface area contributed by atoms with E-state index in [0.29, 0.717) is 12.0 Å². The fourth-order valence-corrected chi connectivity index (χ4v) is 2.70. The van der Waals surface area contributed by atoms with Crippen molar-refractivity contribution < 1.29 is 44.6 Å². The van der Waals surface area contributed by atoms with Crippen LogP contribution in [-0.2, 0) is 16.0 Å². The number of phenolic OH excluding ortho intramolecular Hbond substituents is 2. The minimum Gasteiger partial charge on any atom is -0.508 e. The van der Waals surface area contributed by atoms with Crippen molar-refractivity contribution in [2.45, 2.75) is 18.6 Å². The van der Waals surface area contributed by atoms with E-state index in [4.69, 9.17) is 19.7 Å². The van der Waals surface area contributed by atoms with E-state index in [1.165, 1.54) is 24.5 Å². The summed E-state index contributed by atoms with van der Waals surface area (Å²) < 4.78 is 10.6. The van der Waals surface area contributed by atoms with Crippen LogP contribution in [-0.4, -0.2) is 49.7 Å². The molecule has 2 unspecified atom stereocenters. The molecule has 0 bridgehead atoms. The Bertz CT molecular complexity index is 947. The van der Waals surface area contributed by atoms with E-state index < -0.39 is 24.1 Å². The maximum atomic E-state index is 11.2. The monoisotopic (exact) mass is 388 g/mol. The van der Waals surface area contributed by atoms with E-state index >= 15 is 0 Å². The maximum absolute atomic E-state index is 11.2. The zero-order valence-corrected chi connectivity index (χ0v) is 14.3. The smallest absolute Gasteiger partial charge is 0.348 e. The van der Waals surface area contributed by atoms with Gasteiger partial charge in [0.05, 0.1) is 6.26 Å². The molecule has 146 valence electrons. The highest BCUT2D eigenvalue weighted by Crippen LogP contribution is 2.40. The lowest BCUT2D eigenvalue weighted by molar-refractivity contribution is -0.163. The van der Waals surface area contributed by atoms with Gasteiger partial charge in [0.25, 0.3) is 0 Å². The summed E-state index contributed by atoms with van der Waals surface area (Å²) in [4.78, 5) is 22.0. The largest absolute Gasteiger partial charge is 0.508 e.